The molecular weight excluding hydrogens is 252 g/mol. The lowest BCUT2D eigenvalue weighted by molar-refractivity contribution is -0.153. The number of likely N-dealkylation sites (tertiary alicyclic amines) is 1. The van der Waals surface area contributed by atoms with Gasteiger partial charge in [-0.15, -0.1) is 0 Å². The van der Waals surface area contributed by atoms with Crippen molar-refractivity contribution in [2.45, 2.75) is 46.1 Å². The van der Waals surface area contributed by atoms with Gasteiger partial charge in [0.05, 0.1) is 6.61 Å². The van der Waals surface area contributed by atoms with Crippen LogP contribution in [0.15, 0.2) is 0 Å². The fraction of sp³-hybridized carbons (Fsp3) is 0.938. The van der Waals surface area contributed by atoms with E-state index in [1.54, 1.807) is 0 Å². The molecule has 0 bridgehead atoms. The normalized spacial score (nSPS) is 30.2. The van der Waals surface area contributed by atoms with Crippen molar-refractivity contribution in [2.24, 2.45) is 17.8 Å². The zero-order chi connectivity index (χ0) is 14.8. The highest BCUT2D eigenvalue weighted by Gasteiger charge is 2.53. The van der Waals surface area contributed by atoms with Crippen LogP contribution in [-0.2, 0) is 9.53 Å². The molecule has 2 aliphatic rings. The van der Waals surface area contributed by atoms with Gasteiger partial charge in [0.1, 0.15) is 5.54 Å². The molecule has 3 unspecified atom stereocenters. The predicted octanol–water partition coefficient (Wildman–Crippen LogP) is 1.90. The Morgan fingerprint density at radius 2 is 1.85 bits per heavy atom. The summed E-state index contributed by atoms with van der Waals surface area (Å²) in [6.45, 7) is 12.9. The van der Waals surface area contributed by atoms with E-state index in [9.17, 15) is 4.79 Å². The molecule has 0 radical (unpaired) electrons. The Labute approximate surface area is 123 Å². The maximum Gasteiger partial charge on any atom is 0.327 e. The van der Waals surface area contributed by atoms with Crippen molar-refractivity contribution in [2.75, 3.05) is 32.8 Å². The Morgan fingerprint density at radius 1 is 1.25 bits per heavy atom. The predicted molar refractivity (Wildman–Crippen MR) is 80.5 cm³/mol. The number of likely N-dealkylation sites (N-methyl/N-ethyl adjacent to an activating group) is 1. The summed E-state index contributed by atoms with van der Waals surface area (Å²) in [7, 11) is 0. The van der Waals surface area contributed by atoms with Crippen molar-refractivity contribution in [3.63, 3.8) is 0 Å². The third-order valence-electron chi connectivity index (χ3n) is 4.94. The summed E-state index contributed by atoms with van der Waals surface area (Å²) in [6, 6.07) is 0. The first-order chi connectivity index (χ1) is 9.53. The van der Waals surface area contributed by atoms with E-state index in [1.165, 1.54) is 0 Å². The number of carbonyl (C=O) groups is 1. The Balaban J connectivity index is 2.11. The molecule has 20 heavy (non-hydrogen) atoms. The maximum atomic E-state index is 12.6. The lowest BCUT2D eigenvalue weighted by Crippen LogP contribution is -2.61. The van der Waals surface area contributed by atoms with Crippen molar-refractivity contribution in [3.05, 3.63) is 0 Å². The summed E-state index contributed by atoms with van der Waals surface area (Å²) in [5, 5.41) is 3.48. The molecule has 0 aromatic carbocycles. The summed E-state index contributed by atoms with van der Waals surface area (Å²) >= 11 is 0. The van der Waals surface area contributed by atoms with E-state index < -0.39 is 5.54 Å². The van der Waals surface area contributed by atoms with Crippen LogP contribution < -0.4 is 5.32 Å². The number of hydrogen-bond acceptors (Lipinski definition) is 4. The summed E-state index contributed by atoms with van der Waals surface area (Å²) in [5.74, 6) is 1.84. The topological polar surface area (TPSA) is 41.6 Å². The van der Waals surface area contributed by atoms with Crippen LogP contribution in [0.4, 0.5) is 0 Å². The summed E-state index contributed by atoms with van der Waals surface area (Å²) in [4.78, 5) is 15.0. The van der Waals surface area contributed by atoms with Gasteiger partial charge in [0.25, 0.3) is 0 Å². The second-order valence-corrected chi connectivity index (χ2v) is 6.65. The fourth-order valence-corrected chi connectivity index (χ4v) is 3.51. The minimum absolute atomic E-state index is 0.0449. The van der Waals surface area contributed by atoms with Crippen molar-refractivity contribution in [1.82, 2.24) is 10.2 Å². The van der Waals surface area contributed by atoms with Crippen molar-refractivity contribution < 1.29 is 9.53 Å². The fourth-order valence-electron chi connectivity index (χ4n) is 3.51. The molecule has 0 spiro atoms. The number of carbonyl (C=O) groups excluding carboxylic acids is 1. The number of nitrogens with one attached hydrogen (secondary N) is 1. The van der Waals surface area contributed by atoms with Crippen LogP contribution in [0.5, 0.6) is 0 Å². The third kappa shape index (κ3) is 3.17. The van der Waals surface area contributed by atoms with Gasteiger partial charge in [-0.25, -0.2) is 4.79 Å². The van der Waals surface area contributed by atoms with Crippen LogP contribution in [-0.4, -0.2) is 49.2 Å². The van der Waals surface area contributed by atoms with Crippen molar-refractivity contribution >= 4 is 5.97 Å². The number of ether oxygens (including phenoxy) is 1. The SMILES string of the molecule is CCNC(CN1CC(C)C(C)C1)(C(=O)OCC)C1CC1. The molecule has 1 heterocycles. The molecule has 116 valence electrons. The molecule has 0 aromatic heterocycles. The first-order valence-electron chi connectivity index (χ1n) is 8.18. The smallest absolute Gasteiger partial charge is 0.327 e. The summed E-state index contributed by atoms with van der Waals surface area (Å²) in [6.07, 6.45) is 2.29. The van der Waals surface area contributed by atoms with Crippen LogP contribution >= 0.6 is 0 Å². The summed E-state index contributed by atoms with van der Waals surface area (Å²) < 4.78 is 5.40. The quantitative estimate of drug-likeness (QED) is 0.724. The minimum Gasteiger partial charge on any atom is -0.465 e. The van der Waals surface area contributed by atoms with Gasteiger partial charge in [0, 0.05) is 19.6 Å². The third-order valence-corrected chi connectivity index (χ3v) is 4.94. The lowest BCUT2D eigenvalue weighted by atomic mass is 9.92. The Bertz CT molecular complexity index is 333. The van der Waals surface area contributed by atoms with Crippen LogP contribution in [0.1, 0.15) is 40.5 Å². The molecule has 4 nitrogen and oxygen atoms in total. The number of rotatable bonds is 7. The van der Waals surface area contributed by atoms with Gasteiger partial charge >= 0.3 is 5.97 Å². The standard InChI is InChI=1S/C16H30N2O2/c1-5-17-16(14-7-8-14,15(19)20-6-2)11-18-9-12(3)13(4)10-18/h12-14,17H,5-11H2,1-4H3. The zero-order valence-electron chi connectivity index (χ0n) is 13.4. The monoisotopic (exact) mass is 282 g/mol. The Kier molecular flexibility index (Phi) is 5.08. The highest BCUT2D eigenvalue weighted by Crippen LogP contribution is 2.42. The average Bonchev–Trinajstić information content (AvgIpc) is 3.18. The van der Waals surface area contributed by atoms with E-state index in [2.05, 4.69) is 31.0 Å². The van der Waals surface area contributed by atoms with E-state index in [-0.39, 0.29) is 5.97 Å². The van der Waals surface area contributed by atoms with Gasteiger partial charge in [0.15, 0.2) is 0 Å². The molecule has 1 aliphatic heterocycles. The molecule has 0 amide bonds. The minimum atomic E-state index is -0.478. The van der Waals surface area contributed by atoms with E-state index in [4.69, 9.17) is 4.74 Å². The van der Waals surface area contributed by atoms with Gasteiger partial charge in [-0.3, -0.25) is 0 Å². The molecule has 1 saturated carbocycles. The summed E-state index contributed by atoms with van der Waals surface area (Å²) in [5.41, 5.74) is -0.478. The largest absolute Gasteiger partial charge is 0.465 e. The number of hydrogen-bond donors (Lipinski definition) is 1. The Morgan fingerprint density at radius 3 is 2.30 bits per heavy atom. The molecule has 1 saturated heterocycles. The Hall–Kier alpha value is -0.610. The van der Waals surface area contributed by atoms with Crippen LogP contribution in [0.3, 0.4) is 0 Å². The highest BCUT2D eigenvalue weighted by atomic mass is 16.5. The van der Waals surface area contributed by atoms with Crippen LogP contribution in [0, 0.1) is 17.8 Å². The molecule has 4 heteroatoms. The van der Waals surface area contributed by atoms with E-state index in [0.29, 0.717) is 12.5 Å². The molecule has 2 fully saturated rings. The van der Waals surface area contributed by atoms with E-state index in [0.717, 1.165) is 50.9 Å². The van der Waals surface area contributed by atoms with Gasteiger partial charge in [0.2, 0.25) is 0 Å². The highest BCUT2D eigenvalue weighted by molar-refractivity contribution is 5.82. The van der Waals surface area contributed by atoms with Crippen LogP contribution in [0.25, 0.3) is 0 Å². The van der Waals surface area contributed by atoms with Gasteiger partial charge in [-0.1, -0.05) is 20.8 Å². The first kappa shape index (κ1) is 15.8. The molecule has 0 aromatic rings. The first-order valence-corrected chi connectivity index (χ1v) is 8.18. The zero-order valence-corrected chi connectivity index (χ0v) is 13.4. The van der Waals surface area contributed by atoms with Crippen LogP contribution in [0.2, 0.25) is 0 Å². The molecule has 3 atom stereocenters. The maximum absolute atomic E-state index is 12.6. The van der Waals surface area contributed by atoms with Crippen molar-refractivity contribution in [1.29, 1.82) is 0 Å². The van der Waals surface area contributed by atoms with Gasteiger partial charge in [-0.2, -0.15) is 0 Å². The molecule has 2 rings (SSSR count). The van der Waals surface area contributed by atoms with E-state index in [1.807, 2.05) is 6.92 Å². The number of nitrogens with zero attached hydrogens (tertiary/aromatic N) is 1. The molecule has 1 aliphatic carbocycles. The van der Waals surface area contributed by atoms with E-state index >= 15 is 0 Å². The lowest BCUT2D eigenvalue weighted by Gasteiger charge is -2.36. The second-order valence-electron chi connectivity index (χ2n) is 6.65. The van der Waals surface area contributed by atoms with Gasteiger partial charge < -0.3 is 15.0 Å². The second kappa shape index (κ2) is 6.44. The molecule has 1 N–H and O–H groups in total. The van der Waals surface area contributed by atoms with Gasteiger partial charge in [-0.05, 0) is 44.1 Å². The molecular formula is C16H30N2O2. The van der Waals surface area contributed by atoms with Crippen molar-refractivity contribution in [3.8, 4) is 0 Å². The average molecular weight is 282 g/mol. The number of esters is 1.